The number of para-hydroxylation sites is 2. The average Bonchev–Trinajstić information content (AvgIpc) is 3.48. The molecule has 0 saturated carbocycles. The van der Waals surface area contributed by atoms with Crippen LogP contribution in [-0.2, 0) is 10.0 Å². The molecule has 2 aliphatic rings. The van der Waals surface area contributed by atoms with E-state index in [0.29, 0.717) is 56.3 Å². The lowest BCUT2D eigenvalue weighted by atomic mass is 10.1. The van der Waals surface area contributed by atoms with Crippen molar-refractivity contribution in [1.29, 1.82) is 0 Å². The van der Waals surface area contributed by atoms with Crippen molar-refractivity contribution < 1.29 is 22.7 Å². The van der Waals surface area contributed by atoms with Crippen LogP contribution in [-0.4, -0.2) is 62.4 Å². The summed E-state index contributed by atoms with van der Waals surface area (Å²) in [5.41, 5.74) is 0. The molecular weight excluding hydrogens is 436 g/mol. The molecule has 2 saturated heterocycles. The van der Waals surface area contributed by atoms with Crippen LogP contribution in [0.3, 0.4) is 0 Å². The fourth-order valence-electron chi connectivity index (χ4n) is 4.05. The van der Waals surface area contributed by atoms with Gasteiger partial charge in [-0.2, -0.15) is 4.31 Å². The summed E-state index contributed by atoms with van der Waals surface area (Å²) in [7, 11) is -3.61. The van der Waals surface area contributed by atoms with E-state index in [9.17, 15) is 13.2 Å². The summed E-state index contributed by atoms with van der Waals surface area (Å²) < 4.78 is 39.2. The molecule has 1 aromatic heterocycles. The fourth-order valence-corrected chi connectivity index (χ4v) is 6.93. The van der Waals surface area contributed by atoms with Crippen molar-refractivity contribution in [3.8, 4) is 11.5 Å². The molecule has 7 nitrogen and oxygen atoms in total. The van der Waals surface area contributed by atoms with Gasteiger partial charge in [-0.1, -0.05) is 12.1 Å². The maximum atomic E-state index is 13.1. The standard InChI is InChI=1S/C22H28N2O5S2/c1-2-28-18-7-3-4-8-19(18)29-17-9-14-23(15-10-17)22(25)21-20(11-16-30-21)31(26,27)24-12-5-6-13-24/h3-4,7-8,11,16-17H,2,5-6,9-10,12-15H2,1H3. The number of sulfonamides is 1. The molecule has 3 heterocycles. The largest absolute Gasteiger partial charge is 0.490 e. The summed E-state index contributed by atoms with van der Waals surface area (Å²) in [6.45, 7) is 4.61. The first-order valence-corrected chi connectivity index (χ1v) is 13.1. The smallest absolute Gasteiger partial charge is 0.265 e. The molecule has 2 fully saturated rings. The third-order valence-corrected chi connectivity index (χ3v) is 8.65. The molecule has 168 valence electrons. The molecular formula is C22H28N2O5S2. The second kappa shape index (κ2) is 9.58. The Hall–Kier alpha value is -2.10. The predicted molar refractivity (Wildman–Crippen MR) is 119 cm³/mol. The summed E-state index contributed by atoms with van der Waals surface area (Å²) >= 11 is 1.20. The van der Waals surface area contributed by atoms with Gasteiger partial charge in [-0.3, -0.25) is 4.79 Å². The highest BCUT2D eigenvalue weighted by molar-refractivity contribution is 7.89. The monoisotopic (exact) mass is 464 g/mol. The van der Waals surface area contributed by atoms with Crippen molar-refractivity contribution >= 4 is 27.3 Å². The third-order valence-electron chi connectivity index (χ3n) is 5.68. The fraction of sp³-hybridized carbons (Fsp3) is 0.500. The van der Waals surface area contributed by atoms with Crippen molar-refractivity contribution in [2.24, 2.45) is 0 Å². The topological polar surface area (TPSA) is 76.1 Å². The summed E-state index contributed by atoms with van der Waals surface area (Å²) in [5.74, 6) is 1.23. The highest BCUT2D eigenvalue weighted by atomic mass is 32.2. The molecule has 2 aliphatic heterocycles. The summed E-state index contributed by atoms with van der Waals surface area (Å²) in [6.07, 6.45) is 3.10. The van der Waals surface area contributed by atoms with Crippen molar-refractivity contribution in [1.82, 2.24) is 9.21 Å². The molecule has 0 unspecified atom stereocenters. The van der Waals surface area contributed by atoms with E-state index >= 15 is 0 Å². The van der Waals surface area contributed by atoms with Crippen molar-refractivity contribution in [3.63, 3.8) is 0 Å². The molecule has 1 aromatic carbocycles. The maximum absolute atomic E-state index is 13.1. The number of carbonyl (C=O) groups is 1. The Morgan fingerprint density at radius 3 is 2.42 bits per heavy atom. The van der Waals surface area contributed by atoms with Crippen LogP contribution in [0.4, 0.5) is 0 Å². The number of thiophene rings is 1. The van der Waals surface area contributed by atoms with E-state index in [1.54, 1.807) is 16.3 Å². The zero-order valence-corrected chi connectivity index (χ0v) is 19.3. The third kappa shape index (κ3) is 4.73. The van der Waals surface area contributed by atoms with Crippen molar-refractivity contribution in [3.05, 3.63) is 40.6 Å². The quantitative estimate of drug-likeness (QED) is 0.626. The highest BCUT2D eigenvalue weighted by Crippen LogP contribution is 2.31. The molecule has 0 radical (unpaired) electrons. The summed E-state index contributed by atoms with van der Waals surface area (Å²) in [5, 5.41) is 1.69. The first-order valence-electron chi connectivity index (χ1n) is 10.8. The van der Waals surface area contributed by atoms with Gasteiger partial charge in [0.15, 0.2) is 11.5 Å². The molecule has 0 bridgehead atoms. The first kappa shape index (κ1) is 22.1. The van der Waals surface area contributed by atoms with Gasteiger partial charge < -0.3 is 14.4 Å². The Kier molecular flexibility index (Phi) is 6.83. The van der Waals surface area contributed by atoms with Crippen LogP contribution in [0.1, 0.15) is 42.3 Å². The normalized spacial score (nSPS) is 18.3. The minimum atomic E-state index is -3.61. The molecule has 1 amide bonds. The Balaban J connectivity index is 1.40. The Bertz CT molecular complexity index is 1010. The molecule has 31 heavy (non-hydrogen) atoms. The average molecular weight is 465 g/mol. The van der Waals surface area contributed by atoms with E-state index in [1.807, 2.05) is 31.2 Å². The van der Waals surface area contributed by atoms with Gasteiger partial charge in [0, 0.05) is 39.0 Å². The molecule has 4 rings (SSSR count). The van der Waals surface area contributed by atoms with Gasteiger partial charge in [0.1, 0.15) is 15.9 Å². The number of likely N-dealkylation sites (tertiary alicyclic amines) is 1. The zero-order valence-electron chi connectivity index (χ0n) is 17.7. The summed E-state index contributed by atoms with van der Waals surface area (Å²) in [4.78, 5) is 15.3. The number of nitrogens with zero attached hydrogens (tertiary/aromatic N) is 2. The number of hydrogen-bond donors (Lipinski definition) is 0. The van der Waals surface area contributed by atoms with Gasteiger partial charge in [-0.25, -0.2) is 8.42 Å². The van der Waals surface area contributed by atoms with Crippen LogP contribution in [0.25, 0.3) is 0 Å². The Morgan fingerprint density at radius 1 is 1.06 bits per heavy atom. The van der Waals surface area contributed by atoms with E-state index in [1.165, 1.54) is 15.6 Å². The number of ether oxygens (including phenoxy) is 2. The molecule has 0 spiro atoms. The number of amides is 1. The van der Waals surface area contributed by atoms with Crippen molar-refractivity contribution in [2.75, 3.05) is 32.8 Å². The lowest BCUT2D eigenvalue weighted by molar-refractivity contribution is 0.0590. The number of carbonyl (C=O) groups excluding carboxylic acids is 1. The molecule has 0 N–H and O–H groups in total. The van der Waals surface area contributed by atoms with Crippen LogP contribution in [0.15, 0.2) is 40.6 Å². The van der Waals surface area contributed by atoms with E-state index in [4.69, 9.17) is 9.47 Å². The van der Waals surface area contributed by atoms with Gasteiger partial charge in [0.25, 0.3) is 5.91 Å². The zero-order chi connectivity index (χ0) is 21.8. The van der Waals surface area contributed by atoms with Gasteiger partial charge in [0.05, 0.1) is 6.61 Å². The number of piperidine rings is 1. The van der Waals surface area contributed by atoms with E-state index in [0.717, 1.165) is 18.6 Å². The van der Waals surface area contributed by atoms with E-state index in [-0.39, 0.29) is 16.9 Å². The predicted octanol–water partition coefficient (Wildman–Crippen LogP) is 3.61. The van der Waals surface area contributed by atoms with Gasteiger partial charge in [-0.05, 0) is 43.3 Å². The minimum absolute atomic E-state index is 0.0122. The van der Waals surface area contributed by atoms with Crippen LogP contribution < -0.4 is 9.47 Å². The van der Waals surface area contributed by atoms with Crippen molar-refractivity contribution in [2.45, 2.75) is 43.6 Å². The lowest BCUT2D eigenvalue weighted by Gasteiger charge is -2.32. The van der Waals surface area contributed by atoms with Crippen LogP contribution in [0.5, 0.6) is 11.5 Å². The highest BCUT2D eigenvalue weighted by Gasteiger charge is 2.34. The van der Waals surface area contributed by atoms with Gasteiger partial charge in [0.2, 0.25) is 10.0 Å². The molecule has 0 aliphatic carbocycles. The SMILES string of the molecule is CCOc1ccccc1OC1CCN(C(=O)c2sccc2S(=O)(=O)N2CCCC2)CC1. The minimum Gasteiger partial charge on any atom is -0.490 e. The van der Waals surface area contributed by atoms with Crippen LogP contribution in [0.2, 0.25) is 0 Å². The Morgan fingerprint density at radius 2 is 1.74 bits per heavy atom. The molecule has 0 atom stereocenters. The van der Waals surface area contributed by atoms with Gasteiger partial charge in [-0.15, -0.1) is 11.3 Å². The number of hydrogen-bond acceptors (Lipinski definition) is 6. The van der Waals surface area contributed by atoms with E-state index < -0.39 is 10.0 Å². The van der Waals surface area contributed by atoms with Crippen LogP contribution >= 0.6 is 11.3 Å². The second-order valence-electron chi connectivity index (χ2n) is 7.71. The first-order chi connectivity index (χ1) is 15.0. The summed E-state index contributed by atoms with van der Waals surface area (Å²) in [6, 6.07) is 9.16. The van der Waals surface area contributed by atoms with Crippen LogP contribution in [0, 0.1) is 0 Å². The van der Waals surface area contributed by atoms with Gasteiger partial charge >= 0.3 is 0 Å². The Labute approximate surface area is 187 Å². The maximum Gasteiger partial charge on any atom is 0.265 e. The lowest BCUT2D eigenvalue weighted by Crippen LogP contribution is -2.42. The molecule has 2 aromatic rings. The number of benzene rings is 1. The van der Waals surface area contributed by atoms with E-state index in [2.05, 4.69) is 0 Å². The second-order valence-corrected chi connectivity index (χ2v) is 10.5. The number of rotatable bonds is 7. The molecule has 9 heteroatoms.